The SMILES string of the molecule is CN(Cc1cccs1)C(=O)CSc1nnc2ccccn12. The van der Waals surface area contributed by atoms with E-state index in [-0.39, 0.29) is 5.91 Å². The second kappa shape index (κ2) is 6.28. The van der Waals surface area contributed by atoms with Crippen molar-refractivity contribution in [1.82, 2.24) is 19.5 Å². The van der Waals surface area contributed by atoms with E-state index in [1.54, 1.807) is 16.2 Å². The van der Waals surface area contributed by atoms with Crippen LogP contribution < -0.4 is 0 Å². The lowest BCUT2D eigenvalue weighted by atomic mass is 10.4. The first-order valence-electron chi connectivity index (χ1n) is 6.43. The molecule has 0 aliphatic rings. The van der Waals surface area contributed by atoms with Crippen molar-refractivity contribution in [1.29, 1.82) is 0 Å². The van der Waals surface area contributed by atoms with Crippen LogP contribution in [0.5, 0.6) is 0 Å². The Kier molecular flexibility index (Phi) is 4.21. The summed E-state index contributed by atoms with van der Waals surface area (Å²) in [5.74, 6) is 0.443. The van der Waals surface area contributed by atoms with Crippen LogP contribution in [-0.4, -0.2) is 38.2 Å². The summed E-state index contributed by atoms with van der Waals surface area (Å²) in [5, 5.41) is 10.9. The molecule has 0 saturated carbocycles. The molecule has 7 heteroatoms. The summed E-state index contributed by atoms with van der Waals surface area (Å²) in [6.07, 6.45) is 1.90. The van der Waals surface area contributed by atoms with E-state index >= 15 is 0 Å². The lowest BCUT2D eigenvalue weighted by Gasteiger charge is -2.15. The third-order valence-corrected chi connectivity index (χ3v) is 4.80. The maximum absolute atomic E-state index is 12.2. The Balaban J connectivity index is 1.60. The van der Waals surface area contributed by atoms with Crippen LogP contribution in [0, 0.1) is 0 Å². The van der Waals surface area contributed by atoms with Gasteiger partial charge in [0.05, 0.1) is 12.3 Å². The third kappa shape index (κ3) is 3.25. The van der Waals surface area contributed by atoms with Gasteiger partial charge in [0, 0.05) is 18.1 Å². The zero-order chi connectivity index (χ0) is 14.7. The zero-order valence-corrected chi connectivity index (χ0v) is 13.1. The van der Waals surface area contributed by atoms with Crippen LogP contribution in [0.3, 0.4) is 0 Å². The quantitative estimate of drug-likeness (QED) is 0.678. The fourth-order valence-corrected chi connectivity index (χ4v) is 3.50. The van der Waals surface area contributed by atoms with Crippen LogP contribution in [0.1, 0.15) is 4.88 Å². The van der Waals surface area contributed by atoms with Gasteiger partial charge in [0.25, 0.3) is 0 Å². The molecule has 108 valence electrons. The molecule has 21 heavy (non-hydrogen) atoms. The van der Waals surface area contributed by atoms with Crippen LogP contribution in [0.15, 0.2) is 47.1 Å². The molecule has 0 fully saturated rings. The molecule has 0 bridgehead atoms. The smallest absolute Gasteiger partial charge is 0.233 e. The molecule has 0 aromatic carbocycles. The Labute approximate surface area is 130 Å². The first kappa shape index (κ1) is 14.1. The summed E-state index contributed by atoms with van der Waals surface area (Å²) in [4.78, 5) is 15.1. The number of amides is 1. The normalized spacial score (nSPS) is 10.9. The van der Waals surface area contributed by atoms with Gasteiger partial charge in [0.1, 0.15) is 0 Å². The number of hydrogen-bond donors (Lipinski definition) is 0. The van der Waals surface area contributed by atoms with E-state index in [4.69, 9.17) is 0 Å². The predicted molar refractivity (Wildman–Crippen MR) is 84.5 cm³/mol. The average Bonchev–Trinajstić information content (AvgIpc) is 3.14. The van der Waals surface area contributed by atoms with E-state index < -0.39 is 0 Å². The number of nitrogens with zero attached hydrogens (tertiary/aromatic N) is 4. The number of fused-ring (bicyclic) bond motifs is 1. The fourth-order valence-electron chi connectivity index (χ4n) is 1.88. The number of hydrogen-bond acceptors (Lipinski definition) is 5. The van der Waals surface area contributed by atoms with Gasteiger partial charge in [-0.25, -0.2) is 0 Å². The number of aromatic nitrogens is 3. The topological polar surface area (TPSA) is 50.5 Å². The highest BCUT2D eigenvalue weighted by Gasteiger charge is 2.13. The molecular formula is C14H14N4OS2. The molecule has 0 aliphatic carbocycles. The molecule has 0 saturated heterocycles. The summed E-state index contributed by atoms with van der Waals surface area (Å²) >= 11 is 3.07. The number of thioether (sulfide) groups is 1. The van der Waals surface area contributed by atoms with Crippen LogP contribution in [0.4, 0.5) is 0 Å². The highest BCUT2D eigenvalue weighted by molar-refractivity contribution is 7.99. The Hall–Kier alpha value is -1.86. The maximum atomic E-state index is 12.2. The minimum Gasteiger partial charge on any atom is -0.340 e. The van der Waals surface area contributed by atoms with Crippen LogP contribution in [0.2, 0.25) is 0 Å². The van der Waals surface area contributed by atoms with Crippen molar-refractivity contribution in [2.45, 2.75) is 11.7 Å². The molecule has 3 heterocycles. The molecule has 0 spiro atoms. The van der Waals surface area contributed by atoms with Gasteiger partial charge in [-0.3, -0.25) is 9.20 Å². The summed E-state index contributed by atoms with van der Waals surface area (Å²) in [6, 6.07) is 9.76. The average molecular weight is 318 g/mol. The summed E-state index contributed by atoms with van der Waals surface area (Å²) < 4.78 is 1.89. The van der Waals surface area contributed by atoms with E-state index in [2.05, 4.69) is 10.2 Å². The molecule has 1 amide bonds. The number of carbonyl (C=O) groups excluding carboxylic acids is 1. The molecular weight excluding hydrogens is 304 g/mol. The van der Waals surface area contributed by atoms with E-state index in [0.29, 0.717) is 12.3 Å². The molecule has 0 unspecified atom stereocenters. The van der Waals surface area contributed by atoms with Gasteiger partial charge in [0.2, 0.25) is 5.91 Å². The zero-order valence-electron chi connectivity index (χ0n) is 11.5. The first-order valence-corrected chi connectivity index (χ1v) is 8.29. The van der Waals surface area contributed by atoms with Gasteiger partial charge >= 0.3 is 0 Å². The van der Waals surface area contributed by atoms with Crippen molar-refractivity contribution in [3.63, 3.8) is 0 Å². The molecule has 3 aromatic heterocycles. The predicted octanol–water partition coefficient (Wildman–Crippen LogP) is 2.54. The van der Waals surface area contributed by atoms with Crippen LogP contribution >= 0.6 is 23.1 Å². The van der Waals surface area contributed by atoms with E-state index in [1.807, 2.05) is 53.4 Å². The second-order valence-electron chi connectivity index (χ2n) is 4.53. The standard InChI is InChI=1S/C14H14N4OS2/c1-17(9-11-5-4-8-20-11)13(19)10-21-14-16-15-12-6-2-3-7-18(12)14/h2-8H,9-10H2,1H3. The van der Waals surface area contributed by atoms with Gasteiger partial charge in [-0.15, -0.1) is 21.5 Å². The van der Waals surface area contributed by atoms with Crippen molar-refractivity contribution in [3.8, 4) is 0 Å². The van der Waals surface area contributed by atoms with Gasteiger partial charge in [-0.05, 0) is 23.6 Å². The van der Waals surface area contributed by atoms with Crippen LogP contribution in [0.25, 0.3) is 5.65 Å². The summed E-state index contributed by atoms with van der Waals surface area (Å²) in [5.41, 5.74) is 0.791. The van der Waals surface area contributed by atoms with E-state index in [0.717, 1.165) is 10.8 Å². The Bertz CT molecular complexity index is 738. The number of carbonyl (C=O) groups is 1. The molecule has 0 N–H and O–H groups in total. The Morgan fingerprint density at radius 2 is 2.24 bits per heavy atom. The van der Waals surface area contributed by atoms with Gasteiger partial charge in [-0.2, -0.15) is 0 Å². The van der Waals surface area contributed by atoms with Crippen molar-refractivity contribution >= 4 is 34.7 Å². The van der Waals surface area contributed by atoms with Gasteiger partial charge in [0.15, 0.2) is 10.8 Å². The van der Waals surface area contributed by atoms with Gasteiger partial charge in [-0.1, -0.05) is 23.9 Å². The molecule has 0 atom stereocenters. The number of pyridine rings is 1. The Morgan fingerprint density at radius 3 is 3.05 bits per heavy atom. The van der Waals surface area contributed by atoms with Crippen molar-refractivity contribution in [3.05, 3.63) is 46.8 Å². The molecule has 0 radical (unpaired) electrons. The minimum absolute atomic E-state index is 0.0843. The first-order chi connectivity index (χ1) is 10.2. The fraction of sp³-hybridized carbons (Fsp3) is 0.214. The maximum Gasteiger partial charge on any atom is 0.233 e. The van der Waals surface area contributed by atoms with Gasteiger partial charge < -0.3 is 4.90 Å². The molecule has 0 aliphatic heterocycles. The van der Waals surface area contributed by atoms with E-state index in [9.17, 15) is 4.79 Å². The second-order valence-corrected chi connectivity index (χ2v) is 6.50. The Morgan fingerprint density at radius 1 is 1.33 bits per heavy atom. The minimum atomic E-state index is 0.0843. The molecule has 5 nitrogen and oxygen atoms in total. The number of thiophene rings is 1. The molecule has 3 aromatic rings. The van der Waals surface area contributed by atoms with Crippen molar-refractivity contribution in [2.24, 2.45) is 0 Å². The lowest BCUT2D eigenvalue weighted by Crippen LogP contribution is -2.27. The van der Waals surface area contributed by atoms with Crippen molar-refractivity contribution in [2.75, 3.05) is 12.8 Å². The van der Waals surface area contributed by atoms with Crippen LogP contribution in [-0.2, 0) is 11.3 Å². The highest BCUT2D eigenvalue weighted by Crippen LogP contribution is 2.18. The third-order valence-electron chi connectivity index (χ3n) is 3.01. The van der Waals surface area contributed by atoms with Crippen molar-refractivity contribution < 1.29 is 4.79 Å². The van der Waals surface area contributed by atoms with E-state index in [1.165, 1.54) is 16.6 Å². The number of rotatable bonds is 5. The highest BCUT2D eigenvalue weighted by atomic mass is 32.2. The lowest BCUT2D eigenvalue weighted by molar-refractivity contribution is -0.127. The summed E-state index contributed by atoms with van der Waals surface area (Å²) in [6.45, 7) is 0.650. The largest absolute Gasteiger partial charge is 0.340 e. The monoisotopic (exact) mass is 318 g/mol. The summed E-state index contributed by atoms with van der Waals surface area (Å²) in [7, 11) is 1.82. The molecule has 3 rings (SSSR count).